The van der Waals surface area contributed by atoms with Gasteiger partial charge in [-0.05, 0) is 43.7 Å². The molecule has 0 spiro atoms. The molecule has 0 fully saturated rings. The normalized spacial score (nSPS) is 10.9. The molecule has 8 heteroatoms. The monoisotopic (exact) mass is 421 g/mol. The number of anilines is 2. The van der Waals surface area contributed by atoms with Crippen LogP contribution in [0.2, 0.25) is 0 Å². The molecule has 3 heterocycles. The summed E-state index contributed by atoms with van der Waals surface area (Å²) in [5.41, 5.74) is 4.40. The molecule has 0 aliphatic rings. The lowest BCUT2D eigenvalue weighted by atomic mass is 10.1. The van der Waals surface area contributed by atoms with Crippen LogP contribution in [0, 0.1) is 25.2 Å². The largest absolute Gasteiger partial charge is 0.494 e. The average molecular weight is 421 g/mol. The second-order valence-corrected chi connectivity index (χ2v) is 7.36. The first-order chi connectivity index (χ1) is 15.6. The lowest BCUT2D eigenvalue weighted by Crippen LogP contribution is -2.08. The van der Waals surface area contributed by atoms with E-state index in [4.69, 9.17) is 14.7 Å². The van der Waals surface area contributed by atoms with Crippen molar-refractivity contribution in [3.05, 3.63) is 71.5 Å². The molecule has 0 aliphatic carbocycles. The predicted molar refractivity (Wildman–Crippen MR) is 122 cm³/mol. The van der Waals surface area contributed by atoms with E-state index in [1.165, 1.54) is 6.20 Å². The van der Waals surface area contributed by atoms with Crippen LogP contribution in [0.4, 0.5) is 11.6 Å². The van der Waals surface area contributed by atoms with E-state index in [9.17, 15) is 5.26 Å². The molecular weight excluding hydrogens is 402 g/mol. The fourth-order valence-electron chi connectivity index (χ4n) is 3.69. The molecule has 2 aromatic carbocycles. The molecule has 3 aromatic heterocycles. The lowest BCUT2D eigenvalue weighted by molar-refractivity contribution is 0.419. The number of hydrogen-bond donors (Lipinski definition) is 1. The summed E-state index contributed by atoms with van der Waals surface area (Å²) in [7, 11) is 1.62. The zero-order chi connectivity index (χ0) is 22.2. The molecule has 1 N–H and O–H groups in total. The van der Waals surface area contributed by atoms with E-state index in [0.29, 0.717) is 34.5 Å². The van der Waals surface area contributed by atoms with Crippen LogP contribution in [0.3, 0.4) is 0 Å². The number of aryl methyl sites for hydroxylation is 2. The van der Waals surface area contributed by atoms with Gasteiger partial charge < -0.3 is 10.1 Å². The zero-order valence-corrected chi connectivity index (χ0v) is 17.8. The Labute approximate surface area is 184 Å². The van der Waals surface area contributed by atoms with Crippen LogP contribution in [0.5, 0.6) is 5.75 Å². The topological polar surface area (TPSA) is 102 Å². The number of para-hydroxylation sites is 3. The Hall–Kier alpha value is -4.51. The molecule has 0 saturated carbocycles. The first kappa shape index (κ1) is 19.5. The summed E-state index contributed by atoms with van der Waals surface area (Å²) in [5.74, 6) is 2.26. The van der Waals surface area contributed by atoms with Crippen molar-refractivity contribution in [2.45, 2.75) is 13.8 Å². The minimum atomic E-state index is 0.374. The second kappa shape index (κ2) is 7.63. The van der Waals surface area contributed by atoms with Crippen molar-refractivity contribution in [1.82, 2.24) is 24.7 Å². The number of rotatable bonds is 4. The van der Waals surface area contributed by atoms with Gasteiger partial charge in [-0.1, -0.05) is 24.3 Å². The van der Waals surface area contributed by atoms with Crippen molar-refractivity contribution >= 4 is 33.6 Å². The highest BCUT2D eigenvalue weighted by Gasteiger charge is 2.18. The van der Waals surface area contributed by atoms with Gasteiger partial charge in [0.05, 0.1) is 30.0 Å². The molecule has 156 valence electrons. The van der Waals surface area contributed by atoms with Gasteiger partial charge in [0.15, 0.2) is 17.5 Å². The molecule has 0 aliphatic heterocycles. The van der Waals surface area contributed by atoms with Gasteiger partial charge in [0.1, 0.15) is 22.9 Å². The van der Waals surface area contributed by atoms with E-state index in [1.807, 2.05) is 62.4 Å². The van der Waals surface area contributed by atoms with Crippen LogP contribution < -0.4 is 10.1 Å². The minimum Gasteiger partial charge on any atom is -0.494 e. The highest BCUT2D eigenvalue weighted by atomic mass is 16.5. The number of ether oxygens (including phenoxy) is 1. The van der Waals surface area contributed by atoms with Crippen molar-refractivity contribution in [2.75, 3.05) is 12.4 Å². The fourth-order valence-corrected chi connectivity index (χ4v) is 3.69. The van der Waals surface area contributed by atoms with Crippen molar-refractivity contribution in [2.24, 2.45) is 0 Å². The maximum Gasteiger partial charge on any atom is 0.156 e. The highest BCUT2D eigenvalue weighted by molar-refractivity contribution is 5.88. The average Bonchev–Trinajstić information content (AvgIpc) is 3.21. The van der Waals surface area contributed by atoms with Crippen LogP contribution in [-0.4, -0.2) is 31.8 Å². The number of hydrogen-bond acceptors (Lipinski definition) is 7. The Kier molecular flexibility index (Phi) is 4.64. The number of fused-ring (bicyclic) bond motifs is 2. The van der Waals surface area contributed by atoms with Crippen LogP contribution in [0.15, 0.2) is 54.7 Å². The Balaban J connectivity index is 1.67. The van der Waals surface area contributed by atoms with Gasteiger partial charge in [0, 0.05) is 5.39 Å². The van der Waals surface area contributed by atoms with E-state index < -0.39 is 0 Å². The summed E-state index contributed by atoms with van der Waals surface area (Å²) >= 11 is 0. The summed E-state index contributed by atoms with van der Waals surface area (Å²) in [6.07, 6.45) is 1.51. The van der Waals surface area contributed by atoms with E-state index in [-0.39, 0.29) is 0 Å². The standard InChI is InChI=1S/C24H19N7O/c1-14-11-21(29-22-17(14)7-6-10-20(22)32-3)31-24(16(12-25)13-26-31)30-23-15(2)27-18-8-4-5-9-19(18)28-23/h4-11,13H,1-3H3,(H,28,30). The van der Waals surface area contributed by atoms with E-state index >= 15 is 0 Å². The number of aromatic nitrogens is 5. The van der Waals surface area contributed by atoms with Gasteiger partial charge in [0.2, 0.25) is 0 Å². The Morgan fingerprint density at radius 3 is 2.53 bits per heavy atom. The van der Waals surface area contributed by atoms with Gasteiger partial charge in [-0.15, -0.1) is 0 Å². The van der Waals surface area contributed by atoms with Gasteiger partial charge in [-0.2, -0.15) is 15.0 Å². The van der Waals surface area contributed by atoms with Gasteiger partial charge in [0.25, 0.3) is 0 Å². The first-order valence-corrected chi connectivity index (χ1v) is 10.0. The van der Waals surface area contributed by atoms with Crippen LogP contribution in [0.1, 0.15) is 16.8 Å². The number of nitrogens with zero attached hydrogens (tertiary/aromatic N) is 6. The third-order valence-corrected chi connectivity index (χ3v) is 5.30. The summed E-state index contributed by atoms with van der Waals surface area (Å²) in [6, 6.07) is 17.6. The molecule has 5 aromatic rings. The summed E-state index contributed by atoms with van der Waals surface area (Å²) in [6.45, 7) is 3.88. The van der Waals surface area contributed by atoms with Gasteiger partial charge in [-0.25, -0.2) is 15.0 Å². The Bertz CT molecular complexity index is 1530. The molecule has 8 nitrogen and oxygen atoms in total. The first-order valence-electron chi connectivity index (χ1n) is 10.0. The zero-order valence-electron chi connectivity index (χ0n) is 17.8. The second-order valence-electron chi connectivity index (χ2n) is 7.36. The van der Waals surface area contributed by atoms with Crippen LogP contribution in [0.25, 0.3) is 27.8 Å². The fraction of sp³-hybridized carbons (Fsp3) is 0.125. The number of methoxy groups -OCH3 is 1. The van der Waals surface area contributed by atoms with Crippen molar-refractivity contribution in [3.8, 4) is 17.6 Å². The van der Waals surface area contributed by atoms with Gasteiger partial charge in [-0.3, -0.25) is 0 Å². The Morgan fingerprint density at radius 2 is 1.78 bits per heavy atom. The SMILES string of the molecule is COc1cccc2c(C)cc(-n3ncc(C#N)c3Nc3nc4ccccc4nc3C)nc12. The third kappa shape index (κ3) is 3.17. The quantitative estimate of drug-likeness (QED) is 0.452. The van der Waals surface area contributed by atoms with E-state index in [0.717, 1.165) is 27.5 Å². The van der Waals surface area contributed by atoms with E-state index in [1.54, 1.807) is 11.8 Å². The predicted octanol–water partition coefficient (Wildman–Crippen LogP) is 4.60. The number of benzene rings is 2. The number of pyridine rings is 1. The summed E-state index contributed by atoms with van der Waals surface area (Å²) in [4.78, 5) is 14.1. The maximum absolute atomic E-state index is 9.69. The number of nitrogens with one attached hydrogen (secondary N) is 1. The van der Waals surface area contributed by atoms with Crippen molar-refractivity contribution < 1.29 is 4.74 Å². The van der Waals surface area contributed by atoms with Crippen molar-refractivity contribution in [1.29, 1.82) is 5.26 Å². The molecule has 0 bridgehead atoms. The maximum atomic E-state index is 9.69. The molecule has 32 heavy (non-hydrogen) atoms. The molecule has 0 amide bonds. The van der Waals surface area contributed by atoms with Crippen molar-refractivity contribution in [3.63, 3.8) is 0 Å². The summed E-state index contributed by atoms with van der Waals surface area (Å²) < 4.78 is 7.11. The third-order valence-electron chi connectivity index (χ3n) is 5.30. The molecule has 0 atom stereocenters. The minimum absolute atomic E-state index is 0.374. The molecule has 0 saturated heterocycles. The van der Waals surface area contributed by atoms with Gasteiger partial charge >= 0.3 is 0 Å². The molecule has 5 rings (SSSR count). The van der Waals surface area contributed by atoms with Crippen LogP contribution in [-0.2, 0) is 0 Å². The summed E-state index contributed by atoms with van der Waals surface area (Å²) in [5, 5.41) is 18.4. The smallest absolute Gasteiger partial charge is 0.156 e. The van der Waals surface area contributed by atoms with Crippen LogP contribution >= 0.6 is 0 Å². The lowest BCUT2D eigenvalue weighted by Gasteiger charge is -2.14. The molecule has 0 radical (unpaired) electrons. The van der Waals surface area contributed by atoms with E-state index in [2.05, 4.69) is 21.5 Å². The molecular formula is C24H19N7O. The molecule has 0 unspecified atom stereocenters. The highest BCUT2D eigenvalue weighted by Crippen LogP contribution is 2.30. The Morgan fingerprint density at radius 1 is 1.00 bits per heavy atom. The number of nitriles is 1.